The average molecular weight is 354 g/mol. The van der Waals surface area contributed by atoms with E-state index in [9.17, 15) is 4.79 Å². The molecule has 1 heterocycles. The molecular formula is C17H24ClN3O3. The van der Waals surface area contributed by atoms with E-state index in [0.717, 1.165) is 31.4 Å². The van der Waals surface area contributed by atoms with Crippen LogP contribution in [-0.4, -0.2) is 45.2 Å². The minimum Gasteiger partial charge on any atom is -0.375 e. The van der Waals surface area contributed by atoms with Crippen molar-refractivity contribution in [3.05, 3.63) is 23.2 Å². The first-order valence-electron chi connectivity index (χ1n) is 8.31. The van der Waals surface area contributed by atoms with E-state index < -0.39 is 5.79 Å². The lowest BCUT2D eigenvalue weighted by Crippen LogP contribution is -2.37. The van der Waals surface area contributed by atoms with E-state index in [2.05, 4.69) is 10.6 Å². The predicted octanol–water partition coefficient (Wildman–Crippen LogP) is 3.21. The Hall–Kier alpha value is -1.50. The quantitative estimate of drug-likeness (QED) is 0.872. The molecule has 1 aliphatic carbocycles. The monoisotopic (exact) mass is 353 g/mol. The van der Waals surface area contributed by atoms with Crippen LogP contribution in [0.1, 0.15) is 25.7 Å². The number of ether oxygens (including phenoxy) is 2. The fraction of sp³-hybridized carbons (Fsp3) is 0.588. The van der Waals surface area contributed by atoms with Crippen LogP contribution >= 0.6 is 11.6 Å². The van der Waals surface area contributed by atoms with Crippen molar-refractivity contribution in [1.82, 2.24) is 5.32 Å². The number of hydrogen-bond acceptors (Lipinski definition) is 4. The number of anilines is 2. The Bertz CT molecular complexity index is 603. The third-order valence-electron chi connectivity index (χ3n) is 4.45. The molecule has 7 heteroatoms. The van der Waals surface area contributed by atoms with Gasteiger partial charge in [0.25, 0.3) is 0 Å². The van der Waals surface area contributed by atoms with Crippen molar-refractivity contribution in [3.8, 4) is 0 Å². The van der Waals surface area contributed by atoms with Crippen molar-refractivity contribution in [1.29, 1.82) is 0 Å². The molecule has 1 spiro atoms. The summed E-state index contributed by atoms with van der Waals surface area (Å²) in [4.78, 5) is 14.1. The molecule has 2 N–H and O–H groups in total. The van der Waals surface area contributed by atoms with Gasteiger partial charge in [0, 0.05) is 33.5 Å². The molecule has 1 aromatic rings. The highest BCUT2D eigenvalue weighted by molar-refractivity contribution is 6.34. The van der Waals surface area contributed by atoms with Crippen molar-refractivity contribution < 1.29 is 14.3 Å². The smallest absolute Gasteiger partial charge is 0.319 e. The number of hydrogen-bond donors (Lipinski definition) is 2. The first-order chi connectivity index (χ1) is 11.5. The van der Waals surface area contributed by atoms with Gasteiger partial charge >= 0.3 is 6.03 Å². The van der Waals surface area contributed by atoms with E-state index >= 15 is 0 Å². The fourth-order valence-electron chi connectivity index (χ4n) is 3.34. The highest BCUT2D eigenvalue weighted by Gasteiger charge is 2.43. The van der Waals surface area contributed by atoms with Gasteiger partial charge in [0.05, 0.1) is 23.0 Å². The molecular weight excluding hydrogens is 330 g/mol. The van der Waals surface area contributed by atoms with Gasteiger partial charge in [-0.2, -0.15) is 0 Å². The zero-order chi connectivity index (χ0) is 17.2. The highest BCUT2D eigenvalue weighted by Crippen LogP contribution is 2.39. The summed E-state index contributed by atoms with van der Waals surface area (Å²) in [5, 5.41) is 6.28. The van der Waals surface area contributed by atoms with Crippen LogP contribution in [0.25, 0.3) is 0 Å². The fourth-order valence-corrected chi connectivity index (χ4v) is 3.68. The van der Waals surface area contributed by atoms with Crippen LogP contribution in [0.5, 0.6) is 0 Å². The van der Waals surface area contributed by atoms with Gasteiger partial charge in [-0.05, 0) is 25.0 Å². The third-order valence-corrected chi connectivity index (χ3v) is 4.76. The number of para-hydroxylation sites is 1. The van der Waals surface area contributed by atoms with Crippen molar-refractivity contribution in [2.24, 2.45) is 0 Å². The highest BCUT2D eigenvalue weighted by atomic mass is 35.5. The molecule has 0 aromatic heterocycles. The number of nitrogens with one attached hydrogen (secondary N) is 2. The first kappa shape index (κ1) is 17.3. The maximum Gasteiger partial charge on any atom is 0.319 e. The Morgan fingerprint density at radius 2 is 2.12 bits per heavy atom. The minimum atomic E-state index is -0.395. The third kappa shape index (κ3) is 3.77. The average Bonchev–Trinajstić information content (AvgIpc) is 3.15. The SMILES string of the molecule is CN(C)c1c(Cl)cccc1NC(=O)NCC1COC2(CCCC2)O1. The van der Waals surface area contributed by atoms with Crippen LogP contribution in [-0.2, 0) is 9.47 Å². The summed E-state index contributed by atoms with van der Waals surface area (Å²) in [6, 6.07) is 5.15. The van der Waals surface area contributed by atoms with Crippen LogP contribution in [0.15, 0.2) is 18.2 Å². The summed E-state index contributed by atoms with van der Waals surface area (Å²) in [5.41, 5.74) is 1.44. The van der Waals surface area contributed by atoms with Gasteiger partial charge in [0.2, 0.25) is 0 Å². The molecule has 1 aromatic carbocycles. The number of urea groups is 1. The maximum absolute atomic E-state index is 12.2. The van der Waals surface area contributed by atoms with Crippen LogP contribution in [0, 0.1) is 0 Å². The summed E-state index contributed by atoms with van der Waals surface area (Å²) < 4.78 is 11.8. The van der Waals surface area contributed by atoms with Gasteiger partial charge < -0.3 is 25.0 Å². The molecule has 1 saturated carbocycles. The van der Waals surface area contributed by atoms with Crippen LogP contribution < -0.4 is 15.5 Å². The van der Waals surface area contributed by atoms with Gasteiger partial charge in [-0.1, -0.05) is 17.7 Å². The Morgan fingerprint density at radius 1 is 1.38 bits per heavy atom. The molecule has 24 heavy (non-hydrogen) atoms. The molecule has 2 amide bonds. The number of amides is 2. The molecule has 1 unspecified atom stereocenters. The van der Waals surface area contributed by atoms with Crippen LogP contribution in [0.3, 0.4) is 0 Å². The topological polar surface area (TPSA) is 62.8 Å². The second-order valence-corrected chi connectivity index (χ2v) is 6.94. The summed E-state index contributed by atoms with van der Waals surface area (Å²) >= 11 is 6.21. The first-order valence-corrected chi connectivity index (χ1v) is 8.69. The standard InChI is InChI=1S/C17H24ClN3O3/c1-21(2)15-13(18)6-5-7-14(15)20-16(22)19-10-12-11-23-17(24-12)8-3-4-9-17/h5-7,12H,3-4,8-11H2,1-2H3,(H2,19,20,22). The van der Waals surface area contributed by atoms with E-state index in [1.807, 2.05) is 31.1 Å². The van der Waals surface area contributed by atoms with Crippen molar-refractivity contribution in [2.75, 3.05) is 37.5 Å². The zero-order valence-corrected chi connectivity index (χ0v) is 14.9. The largest absolute Gasteiger partial charge is 0.375 e. The Morgan fingerprint density at radius 3 is 2.83 bits per heavy atom. The number of carbonyl (C=O) groups excluding carboxylic acids is 1. The van der Waals surface area contributed by atoms with E-state index in [1.54, 1.807) is 6.07 Å². The van der Waals surface area contributed by atoms with Crippen LogP contribution in [0.2, 0.25) is 5.02 Å². The Balaban J connectivity index is 1.53. The van der Waals surface area contributed by atoms with E-state index in [-0.39, 0.29) is 12.1 Å². The second kappa shape index (κ2) is 7.17. The normalized spacial score (nSPS) is 21.9. The number of benzene rings is 1. The molecule has 0 radical (unpaired) electrons. The second-order valence-electron chi connectivity index (χ2n) is 6.53. The molecule has 1 atom stereocenters. The molecule has 132 valence electrons. The van der Waals surface area contributed by atoms with E-state index in [1.165, 1.54) is 0 Å². The minimum absolute atomic E-state index is 0.0958. The molecule has 6 nitrogen and oxygen atoms in total. The van der Waals surface area contributed by atoms with E-state index in [4.69, 9.17) is 21.1 Å². The summed E-state index contributed by atoms with van der Waals surface area (Å²) in [6.07, 6.45) is 4.08. The van der Waals surface area contributed by atoms with Gasteiger partial charge in [-0.25, -0.2) is 4.79 Å². The van der Waals surface area contributed by atoms with E-state index in [0.29, 0.717) is 23.9 Å². The van der Waals surface area contributed by atoms with Gasteiger partial charge in [0.15, 0.2) is 5.79 Å². The molecule has 2 fully saturated rings. The molecule has 2 aliphatic rings. The molecule has 0 bridgehead atoms. The lowest BCUT2D eigenvalue weighted by Gasteiger charge is -2.22. The summed E-state index contributed by atoms with van der Waals surface area (Å²) in [7, 11) is 3.77. The van der Waals surface area contributed by atoms with Crippen molar-refractivity contribution >= 4 is 29.0 Å². The Labute approximate surface area is 147 Å². The predicted molar refractivity (Wildman–Crippen MR) is 94.8 cm³/mol. The summed E-state index contributed by atoms with van der Waals surface area (Å²) in [6.45, 7) is 0.950. The lowest BCUT2D eigenvalue weighted by molar-refractivity contribution is -0.160. The lowest BCUT2D eigenvalue weighted by atomic mass is 10.2. The van der Waals surface area contributed by atoms with Gasteiger partial charge in [0.1, 0.15) is 6.10 Å². The van der Waals surface area contributed by atoms with Crippen molar-refractivity contribution in [2.45, 2.75) is 37.6 Å². The van der Waals surface area contributed by atoms with Crippen molar-refractivity contribution in [3.63, 3.8) is 0 Å². The number of nitrogens with zero attached hydrogens (tertiary/aromatic N) is 1. The summed E-state index contributed by atoms with van der Waals surface area (Å²) in [5.74, 6) is -0.395. The molecule has 3 rings (SSSR count). The zero-order valence-electron chi connectivity index (χ0n) is 14.1. The molecule has 1 saturated heterocycles. The van der Waals surface area contributed by atoms with Gasteiger partial charge in [-0.15, -0.1) is 0 Å². The number of carbonyl (C=O) groups is 1. The molecule has 1 aliphatic heterocycles. The Kier molecular flexibility index (Phi) is 5.18. The number of halogens is 1. The van der Waals surface area contributed by atoms with Crippen LogP contribution in [0.4, 0.5) is 16.2 Å². The number of rotatable bonds is 4. The van der Waals surface area contributed by atoms with Gasteiger partial charge in [-0.3, -0.25) is 0 Å². The maximum atomic E-state index is 12.2.